The molecule has 0 rings (SSSR count). The van der Waals surface area contributed by atoms with Gasteiger partial charge in [-0.05, 0) is 0 Å². The first-order chi connectivity index (χ1) is 10.1. The van der Waals surface area contributed by atoms with Gasteiger partial charge in [-0.2, -0.15) is 0 Å². The van der Waals surface area contributed by atoms with Gasteiger partial charge < -0.3 is 6.15 Å². The van der Waals surface area contributed by atoms with Crippen molar-refractivity contribution in [1.29, 1.82) is 0 Å². The molecule has 0 aromatic rings. The molecular weight excluding hydrogens is 433 g/mol. The Labute approximate surface area is 147 Å². The summed E-state index contributed by atoms with van der Waals surface area (Å²) < 4.78 is 4.49. The monoisotopic (exact) mass is 481 g/mol. The van der Waals surface area contributed by atoms with Crippen molar-refractivity contribution in [2.24, 2.45) is 0 Å². The van der Waals surface area contributed by atoms with E-state index in [0.29, 0.717) is 0 Å². The minimum atomic E-state index is -2.44. The van der Waals surface area contributed by atoms with E-state index in [0.717, 1.165) is 14.7 Å². The second-order valence-corrected chi connectivity index (χ2v) is 26.0. The SMILES string of the molecule is CC[CH](CC)[Hf]([CH](CC)CC)([CH](CC)CC)[CH](CC)CC.N. The molecule has 22 heavy (non-hydrogen) atoms. The maximum Gasteiger partial charge on any atom is -0.344 e. The van der Waals surface area contributed by atoms with Crippen molar-refractivity contribution >= 4 is 0 Å². The molecular formula is C20H47HfN. The Morgan fingerprint density at radius 1 is 0.409 bits per heavy atom. The largest absolute Gasteiger partial charge is 0.344 e. The van der Waals surface area contributed by atoms with E-state index in [9.17, 15) is 0 Å². The second kappa shape index (κ2) is 13.2. The summed E-state index contributed by atoms with van der Waals surface area (Å²) in [6, 6.07) is 0. The second-order valence-electron chi connectivity index (χ2n) is 7.05. The van der Waals surface area contributed by atoms with Gasteiger partial charge in [0.1, 0.15) is 0 Å². The maximum atomic E-state index is 2.50. The molecule has 0 saturated carbocycles. The van der Waals surface area contributed by atoms with Crippen LogP contribution in [0.4, 0.5) is 0 Å². The van der Waals surface area contributed by atoms with Crippen LogP contribution in [-0.4, -0.2) is 0 Å². The Morgan fingerprint density at radius 2 is 0.545 bits per heavy atom. The van der Waals surface area contributed by atoms with Crippen LogP contribution in [0.1, 0.15) is 107 Å². The van der Waals surface area contributed by atoms with Crippen molar-refractivity contribution in [3.05, 3.63) is 0 Å². The fraction of sp³-hybridized carbons (Fsp3) is 1.00. The molecule has 0 aromatic heterocycles. The molecule has 0 aromatic carbocycles. The van der Waals surface area contributed by atoms with E-state index in [4.69, 9.17) is 0 Å². The van der Waals surface area contributed by atoms with E-state index < -0.39 is 20.0 Å². The van der Waals surface area contributed by atoms with Gasteiger partial charge in [0, 0.05) is 0 Å². The summed E-state index contributed by atoms with van der Waals surface area (Å²) in [4.78, 5) is 0. The molecule has 0 amide bonds. The molecule has 1 nitrogen and oxygen atoms in total. The molecule has 0 spiro atoms. The van der Waals surface area contributed by atoms with Gasteiger partial charge in [-0.15, -0.1) is 0 Å². The standard InChI is InChI=1S/4C5H11.Hf.H3N/c4*1-3-5-4-2;;/h4*5H,3-4H2,1-2H3;;1H3. The molecule has 0 aliphatic carbocycles. The van der Waals surface area contributed by atoms with Gasteiger partial charge in [0.05, 0.1) is 0 Å². The van der Waals surface area contributed by atoms with Crippen molar-refractivity contribution in [3.8, 4) is 0 Å². The minimum Gasteiger partial charge on any atom is -0.344 e. The zero-order valence-corrected chi connectivity index (χ0v) is 20.8. The Balaban J connectivity index is 0. The van der Waals surface area contributed by atoms with Gasteiger partial charge in [-0.1, -0.05) is 0 Å². The van der Waals surface area contributed by atoms with Gasteiger partial charge in [0.2, 0.25) is 0 Å². The normalized spacial score (nSPS) is 12.5. The first-order valence-corrected chi connectivity index (χ1v) is 18.4. The molecule has 0 heterocycles. The van der Waals surface area contributed by atoms with Crippen molar-refractivity contribution in [2.45, 2.75) is 121 Å². The molecule has 0 saturated heterocycles. The Hall–Kier alpha value is 0.830. The Bertz CT molecular complexity index is 185. The third-order valence-corrected chi connectivity index (χ3v) is 38.8. The zero-order valence-electron chi connectivity index (χ0n) is 17.2. The van der Waals surface area contributed by atoms with Crippen LogP contribution in [0.5, 0.6) is 0 Å². The van der Waals surface area contributed by atoms with Gasteiger partial charge in [0.15, 0.2) is 0 Å². The fourth-order valence-electron chi connectivity index (χ4n) is 5.98. The van der Waals surface area contributed by atoms with Crippen molar-refractivity contribution in [3.63, 3.8) is 0 Å². The topological polar surface area (TPSA) is 35.0 Å². The molecule has 0 radical (unpaired) electrons. The van der Waals surface area contributed by atoms with Crippen molar-refractivity contribution in [2.75, 3.05) is 0 Å². The zero-order chi connectivity index (χ0) is 16.5. The van der Waals surface area contributed by atoms with E-state index in [1.807, 2.05) is 0 Å². The minimum absolute atomic E-state index is 0. The summed E-state index contributed by atoms with van der Waals surface area (Å²) in [5, 5.41) is 0. The summed E-state index contributed by atoms with van der Waals surface area (Å²) in [5.41, 5.74) is 0. The molecule has 0 atom stereocenters. The van der Waals surface area contributed by atoms with E-state index >= 15 is 0 Å². The van der Waals surface area contributed by atoms with Crippen molar-refractivity contribution < 1.29 is 20.0 Å². The van der Waals surface area contributed by atoms with Crippen LogP contribution in [0.2, 0.25) is 14.7 Å². The summed E-state index contributed by atoms with van der Waals surface area (Å²) in [6.45, 7) is 20.0. The predicted octanol–water partition coefficient (Wildman–Crippen LogP) is 8.74. The molecule has 0 aliphatic rings. The first kappa shape index (κ1) is 25.1. The average Bonchev–Trinajstić information content (AvgIpc) is 2.51. The summed E-state index contributed by atoms with van der Waals surface area (Å²) in [7, 11) is 0. The van der Waals surface area contributed by atoms with Gasteiger partial charge in [0.25, 0.3) is 0 Å². The van der Waals surface area contributed by atoms with Crippen LogP contribution in [0, 0.1) is 0 Å². The Kier molecular flexibility index (Phi) is 15.0. The van der Waals surface area contributed by atoms with Crippen LogP contribution in [0.25, 0.3) is 0 Å². The average molecular weight is 480 g/mol. The predicted molar refractivity (Wildman–Crippen MR) is 102 cm³/mol. The molecule has 3 N–H and O–H groups in total. The smallest absolute Gasteiger partial charge is 0.344 e. The first-order valence-electron chi connectivity index (χ1n) is 10.1. The molecule has 0 fully saturated rings. The van der Waals surface area contributed by atoms with Crippen LogP contribution in [0.3, 0.4) is 0 Å². The van der Waals surface area contributed by atoms with Crippen LogP contribution in [-0.2, 0) is 20.0 Å². The molecule has 136 valence electrons. The van der Waals surface area contributed by atoms with Gasteiger partial charge in [-0.3, -0.25) is 0 Å². The summed E-state index contributed by atoms with van der Waals surface area (Å²) in [6.07, 6.45) is 11.7. The third-order valence-electron chi connectivity index (χ3n) is 6.77. The number of rotatable bonds is 12. The number of hydrogen-bond donors (Lipinski definition) is 1. The van der Waals surface area contributed by atoms with Gasteiger partial charge >= 0.3 is 141 Å². The summed E-state index contributed by atoms with van der Waals surface area (Å²) in [5.74, 6) is 0. The van der Waals surface area contributed by atoms with E-state index in [-0.39, 0.29) is 6.15 Å². The van der Waals surface area contributed by atoms with E-state index in [2.05, 4.69) is 55.4 Å². The summed E-state index contributed by atoms with van der Waals surface area (Å²) >= 11 is -2.44. The van der Waals surface area contributed by atoms with E-state index in [1.165, 1.54) is 51.4 Å². The molecule has 0 aliphatic heterocycles. The number of hydrogen-bond acceptors (Lipinski definition) is 1. The van der Waals surface area contributed by atoms with Crippen LogP contribution < -0.4 is 6.15 Å². The molecule has 2 heteroatoms. The molecule has 0 unspecified atom stereocenters. The quantitative estimate of drug-likeness (QED) is 0.279. The maximum absolute atomic E-state index is 2.50. The fourth-order valence-corrected chi connectivity index (χ4v) is 40.7. The van der Waals surface area contributed by atoms with E-state index in [1.54, 1.807) is 0 Å². The van der Waals surface area contributed by atoms with Crippen LogP contribution in [0.15, 0.2) is 0 Å². The van der Waals surface area contributed by atoms with Crippen LogP contribution >= 0.6 is 0 Å². The van der Waals surface area contributed by atoms with Gasteiger partial charge in [-0.25, -0.2) is 0 Å². The van der Waals surface area contributed by atoms with Crippen molar-refractivity contribution in [1.82, 2.24) is 6.15 Å². The third kappa shape index (κ3) is 4.91. The molecule has 0 bridgehead atoms. The Morgan fingerprint density at radius 3 is 0.636 bits per heavy atom.